The molecular weight excluding hydrogens is 306 g/mol. The van der Waals surface area contributed by atoms with Crippen molar-refractivity contribution in [2.45, 2.75) is 46.0 Å². The SMILES string of the molecule is CCCCOC(=O)CCC(C#N)(Cc1ccccc1)C(=O)OCC. The number of rotatable bonds is 10. The summed E-state index contributed by atoms with van der Waals surface area (Å²) in [5, 5.41) is 9.66. The monoisotopic (exact) mass is 331 g/mol. The number of benzene rings is 1. The predicted molar refractivity (Wildman–Crippen MR) is 89.9 cm³/mol. The standard InChI is InChI=1S/C19H25NO4/c1-3-5-13-24-17(21)11-12-19(15-20,18(22)23-4-2)14-16-9-7-6-8-10-16/h6-10H,3-5,11-14H2,1-2H3. The van der Waals surface area contributed by atoms with Crippen molar-refractivity contribution < 1.29 is 19.1 Å². The van der Waals surface area contributed by atoms with Crippen LogP contribution in [0.25, 0.3) is 0 Å². The van der Waals surface area contributed by atoms with Gasteiger partial charge in [0.1, 0.15) is 0 Å². The van der Waals surface area contributed by atoms with Crippen molar-refractivity contribution in [2.75, 3.05) is 13.2 Å². The highest BCUT2D eigenvalue weighted by molar-refractivity contribution is 5.81. The second-order valence-corrected chi connectivity index (χ2v) is 5.65. The molecule has 24 heavy (non-hydrogen) atoms. The third kappa shape index (κ3) is 6.04. The molecule has 0 aliphatic carbocycles. The van der Waals surface area contributed by atoms with Crippen LogP contribution in [0.4, 0.5) is 0 Å². The van der Waals surface area contributed by atoms with E-state index >= 15 is 0 Å². The van der Waals surface area contributed by atoms with E-state index in [1.807, 2.05) is 37.3 Å². The molecule has 0 saturated carbocycles. The van der Waals surface area contributed by atoms with Gasteiger partial charge in [-0.1, -0.05) is 43.7 Å². The summed E-state index contributed by atoms with van der Waals surface area (Å²) < 4.78 is 10.2. The molecule has 0 amide bonds. The first kappa shape index (κ1) is 19.7. The van der Waals surface area contributed by atoms with E-state index in [4.69, 9.17) is 9.47 Å². The topological polar surface area (TPSA) is 76.4 Å². The minimum Gasteiger partial charge on any atom is -0.466 e. The first-order chi connectivity index (χ1) is 11.6. The van der Waals surface area contributed by atoms with Gasteiger partial charge < -0.3 is 9.47 Å². The van der Waals surface area contributed by atoms with Crippen molar-refractivity contribution in [3.63, 3.8) is 0 Å². The summed E-state index contributed by atoms with van der Waals surface area (Å²) in [6.07, 6.45) is 2.06. The Morgan fingerprint density at radius 1 is 1.17 bits per heavy atom. The summed E-state index contributed by atoms with van der Waals surface area (Å²) in [6.45, 7) is 4.27. The molecule has 1 atom stereocenters. The molecule has 0 N–H and O–H groups in total. The highest BCUT2D eigenvalue weighted by Gasteiger charge is 2.41. The zero-order chi connectivity index (χ0) is 17.8. The van der Waals surface area contributed by atoms with Crippen LogP contribution in [0, 0.1) is 16.7 Å². The van der Waals surface area contributed by atoms with Gasteiger partial charge in [0.25, 0.3) is 0 Å². The smallest absolute Gasteiger partial charge is 0.326 e. The van der Waals surface area contributed by atoms with Gasteiger partial charge in [-0.25, -0.2) is 0 Å². The molecule has 1 aromatic rings. The maximum atomic E-state index is 12.4. The van der Waals surface area contributed by atoms with Crippen LogP contribution in [0.2, 0.25) is 0 Å². The molecule has 0 aliphatic rings. The summed E-state index contributed by atoms with van der Waals surface area (Å²) in [5.74, 6) is -0.974. The third-order valence-corrected chi connectivity index (χ3v) is 3.75. The number of nitrogens with zero attached hydrogens (tertiary/aromatic N) is 1. The van der Waals surface area contributed by atoms with Crippen LogP contribution < -0.4 is 0 Å². The Bertz CT molecular complexity index is 564. The zero-order valence-electron chi connectivity index (χ0n) is 14.4. The number of carbonyl (C=O) groups is 2. The molecule has 5 heteroatoms. The summed E-state index contributed by atoms with van der Waals surface area (Å²) in [6, 6.07) is 11.4. The van der Waals surface area contributed by atoms with Crippen LogP contribution in [-0.2, 0) is 25.5 Å². The van der Waals surface area contributed by atoms with Gasteiger partial charge in [-0.05, 0) is 25.3 Å². The molecular formula is C19H25NO4. The van der Waals surface area contributed by atoms with Crippen LogP contribution in [-0.4, -0.2) is 25.2 Å². The van der Waals surface area contributed by atoms with Crippen molar-refractivity contribution >= 4 is 11.9 Å². The van der Waals surface area contributed by atoms with Gasteiger partial charge in [0.15, 0.2) is 5.41 Å². The van der Waals surface area contributed by atoms with Crippen LogP contribution in [0.1, 0.15) is 45.1 Å². The van der Waals surface area contributed by atoms with E-state index in [9.17, 15) is 14.9 Å². The molecule has 0 bridgehead atoms. The Morgan fingerprint density at radius 2 is 1.88 bits per heavy atom. The van der Waals surface area contributed by atoms with Gasteiger partial charge in [0.2, 0.25) is 0 Å². The number of unbranched alkanes of at least 4 members (excludes halogenated alkanes) is 1. The highest BCUT2D eigenvalue weighted by atomic mass is 16.5. The summed E-state index contributed by atoms with van der Waals surface area (Å²) in [4.78, 5) is 24.2. The summed E-state index contributed by atoms with van der Waals surface area (Å²) in [7, 11) is 0. The molecule has 0 heterocycles. The molecule has 0 fully saturated rings. The van der Waals surface area contributed by atoms with Crippen LogP contribution in [0.5, 0.6) is 0 Å². The molecule has 0 radical (unpaired) electrons. The van der Waals surface area contributed by atoms with E-state index in [1.54, 1.807) is 6.92 Å². The van der Waals surface area contributed by atoms with Gasteiger partial charge in [-0.15, -0.1) is 0 Å². The molecule has 0 aromatic heterocycles. The lowest BCUT2D eigenvalue weighted by Gasteiger charge is -2.24. The largest absolute Gasteiger partial charge is 0.466 e. The lowest BCUT2D eigenvalue weighted by molar-refractivity contribution is -0.153. The Hall–Kier alpha value is -2.35. The van der Waals surface area contributed by atoms with Crippen molar-refractivity contribution in [2.24, 2.45) is 5.41 Å². The first-order valence-corrected chi connectivity index (χ1v) is 8.36. The molecule has 0 aliphatic heterocycles. The second kappa shape index (κ2) is 10.4. The minimum atomic E-state index is -1.37. The normalized spacial score (nSPS) is 12.7. The number of nitriles is 1. The van der Waals surface area contributed by atoms with Gasteiger partial charge in [-0.2, -0.15) is 5.26 Å². The zero-order valence-corrected chi connectivity index (χ0v) is 14.4. The lowest BCUT2D eigenvalue weighted by atomic mass is 9.79. The van der Waals surface area contributed by atoms with Crippen molar-refractivity contribution in [1.82, 2.24) is 0 Å². The van der Waals surface area contributed by atoms with E-state index in [-0.39, 0.29) is 31.8 Å². The van der Waals surface area contributed by atoms with Crippen molar-refractivity contribution in [1.29, 1.82) is 5.26 Å². The fourth-order valence-corrected chi connectivity index (χ4v) is 2.34. The maximum Gasteiger partial charge on any atom is 0.326 e. The molecule has 0 spiro atoms. The van der Waals surface area contributed by atoms with Gasteiger partial charge in [0.05, 0.1) is 19.3 Å². The van der Waals surface area contributed by atoms with Gasteiger partial charge in [0, 0.05) is 12.8 Å². The number of ether oxygens (including phenoxy) is 2. The Morgan fingerprint density at radius 3 is 2.46 bits per heavy atom. The first-order valence-electron chi connectivity index (χ1n) is 8.36. The Kier molecular flexibility index (Phi) is 8.56. The Balaban J connectivity index is 2.82. The Labute approximate surface area is 143 Å². The summed E-state index contributed by atoms with van der Waals surface area (Å²) in [5.41, 5.74) is -0.521. The van der Waals surface area contributed by atoms with E-state index in [0.717, 1.165) is 18.4 Å². The molecule has 1 aromatic carbocycles. The van der Waals surface area contributed by atoms with Gasteiger partial charge in [-0.3, -0.25) is 9.59 Å². The van der Waals surface area contributed by atoms with Gasteiger partial charge >= 0.3 is 11.9 Å². The summed E-state index contributed by atoms with van der Waals surface area (Å²) >= 11 is 0. The average Bonchev–Trinajstić information content (AvgIpc) is 2.60. The van der Waals surface area contributed by atoms with Crippen LogP contribution in [0.15, 0.2) is 30.3 Å². The second-order valence-electron chi connectivity index (χ2n) is 5.65. The van der Waals surface area contributed by atoms with E-state index < -0.39 is 11.4 Å². The predicted octanol–water partition coefficient (Wildman–Crippen LogP) is 3.43. The van der Waals surface area contributed by atoms with Crippen LogP contribution >= 0.6 is 0 Å². The number of hydrogen-bond donors (Lipinski definition) is 0. The fourth-order valence-electron chi connectivity index (χ4n) is 2.34. The minimum absolute atomic E-state index is 0.0168. The number of hydrogen-bond acceptors (Lipinski definition) is 5. The highest BCUT2D eigenvalue weighted by Crippen LogP contribution is 2.30. The number of carbonyl (C=O) groups excluding carboxylic acids is 2. The molecule has 1 unspecified atom stereocenters. The van der Waals surface area contributed by atoms with E-state index in [0.29, 0.717) is 6.61 Å². The van der Waals surface area contributed by atoms with Crippen molar-refractivity contribution in [3.05, 3.63) is 35.9 Å². The average molecular weight is 331 g/mol. The third-order valence-electron chi connectivity index (χ3n) is 3.75. The van der Waals surface area contributed by atoms with Crippen molar-refractivity contribution in [3.8, 4) is 6.07 Å². The fraction of sp³-hybridized carbons (Fsp3) is 0.526. The van der Waals surface area contributed by atoms with E-state index in [2.05, 4.69) is 6.07 Å². The molecule has 1 rings (SSSR count). The molecule has 5 nitrogen and oxygen atoms in total. The molecule has 130 valence electrons. The number of esters is 2. The lowest BCUT2D eigenvalue weighted by Crippen LogP contribution is -2.35. The van der Waals surface area contributed by atoms with E-state index in [1.165, 1.54) is 0 Å². The quantitative estimate of drug-likeness (QED) is 0.485. The molecule has 0 saturated heterocycles. The van der Waals surface area contributed by atoms with Crippen LogP contribution in [0.3, 0.4) is 0 Å². The maximum absolute atomic E-state index is 12.4.